The number of nitrogens with two attached hydrogens (primary N) is 1. The van der Waals surface area contributed by atoms with E-state index in [0.29, 0.717) is 35.9 Å². The van der Waals surface area contributed by atoms with E-state index in [0.717, 1.165) is 6.07 Å². The fourth-order valence-electron chi connectivity index (χ4n) is 4.03. The Balaban J connectivity index is 1.42. The van der Waals surface area contributed by atoms with Crippen molar-refractivity contribution in [2.75, 3.05) is 36.1 Å². The van der Waals surface area contributed by atoms with Gasteiger partial charge in [0.15, 0.2) is 11.6 Å². The van der Waals surface area contributed by atoms with Crippen molar-refractivity contribution >= 4 is 23.1 Å². The SMILES string of the molecule is CN1CCOc2c1cc(C(=O)Nc1ccc(OCc3ccnc(N)c3)c(F)c1)c(=O)n2-c1ccc(F)cc1. The van der Waals surface area contributed by atoms with Gasteiger partial charge in [0, 0.05) is 25.0 Å². The molecule has 0 saturated heterocycles. The summed E-state index contributed by atoms with van der Waals surface area (Å²) < 4.78 is 40.8. The van der Waals surface area contributed by atoms with Crippen LogP contribution in [0, 0.1) is 11.6 Å². The minimum Gasteiger partial charge on any atom is -0.486 e. The summed E-state index contributed by atoms with van der Waals surface area (Å²) in [6.45, 7) is 0.940. The zero-order valence-electron chi connectivity index (χ0n) is 20.3. The number of anilines is 3. The lowest BCUT2D eigenvalue weighted by molar-refractivity contribution is 0.102. The van der Waals surface area contributed by atoms with Crippen molar-refractivity contribution in [1.29, 1.82) is 0 Å². The summed E-state index contributed by atoms with van der Waals surface area (Å²) in [5, 5.41) is 2.57. The molecule has 2 aromatic heterocycles. The van der Waals surface area contributed by atoms with Crippen LogP contribution >= 0.6 is 0 Å². The van der Waals surface area contributed by atoms with Gasteiger partial charge in [0.1, 0.15) is 30.4 Å². The number of pyridine rings is 2. The second-order valence-corrected chi connectivity index (χ2v) is 8.61. The molecular weight excluding hydrogens is 496 g/mol. The van der Waals surface area contributed by atoms with Crippen LogP contribution in [0.3, 0.4) is 0 Å². The molecule has 38 heavy (non-hydrogen) atoms. The number of rotatable bonds is 6. The smallest absolute Gasteiger partial charge is 0.270 e. The molecular formula is C27H23F2N5O4. The van der Waals surface area contributed by atoms with E-state index in [1.165, 1.54) is 53.2 Å². The number of amides is 1. The van der Waals surface area contributed by atoms with Crippen LogP contribution in [0.15, 0.2) is 71.7 Å². The van der Waals surface area contributed by atoms with Gasteiger partial charge in [0.05, 0.1) is 17.9 Å². The Morgan fingerprint density at radius 2 is 1.92 bits per heavy atom. The van der Waals surface area contributed by atoms with E-state index in [2.05, 4.69) is 10.3 Å². The third kappa shape index (κ3) is 4.99. The van der Waals surface area contributed by atoms with Crippen LogP contribution < -0.4 is 31.0 Å². The largest absolute Gasteiger partial charge is 0.486 e. The lowest BCUT2D eigenvalue weighted by Gasteiger charge is -2.30. The molecule has 5 rings (SSSR count). The highest BCUT2D eigenvalue weighted by atomic mass is 19.1. The topological polar surface area (TPSA) is 112 Å². The number of halogens is 2. The van der Waals surface area contributed by atoms with Gasteiger partial charge in [-0.05, 0) is 60.2 Å². The highest BCUT2D eigenvalue weighted by Crippen LogP contribution is 2.32. The van der Waals surface area contributed by atoms with E-state index in [1.54, 1.807) is 19.2 Å². The number of carbonyl (C=O) groups is 1. The van der Waals surface area contributed by atoms with Gasteiger partial charge >= 0.3 is 0 Å². The third-order valence-electron chi connectivity index (χ3n) is 5.97. The Labute approximate surface area is 216 Å². The standard InChI is InChI=1S/C27H23F2N5O4/c1-33-10-11-37-27-22(33)14-20(26(36)34(27)19-5-2-17(28)3-6-19)25(35)32-18-4-7-23(21(29)13-18)38-15-16-8-9-31-24(30)12-16/h2-9,12-14H,10-11,15H2,1H3,(H2,30,31)(H,32,35). The fourth-order valence-corrected chi connectivity index (χ4v) is 4.03. The molecule has 9 nitrogen and oxygen atoms in total. The van der Waals surface area contributed by atoms with Crippen molar-refractivity contribution in [1.82, 2.24) is 9.55 Å². The molecule has 0 unspecified atom stereocenters. The molecule has 0 aliphatic carbocycles. The average molecular weight is 520 g/mol. The first-order valence-corrected chi connectivity index (χ1v) is 11.6. The molecule has 0 radical (unpaired) electrons. The lowest BCUT2D eigenvalue weighted by atomic mass is 10.1. The normalized spacial score (nSPS) is 12.4. The van der Waals surface area contributed by atoms with Crippen LogP contribution in [0.4, 0.5) is 26.0 Å². The zero-order chi connectivity index (χ0) is 26.8. The van der Waals surface area contributed by atoms with E-state index in [4.69, 9.17) is 15.2 Å². The van der Waals surface area contributed by atoms with Crippen molar-refractivity contribution in [3.8, 4) is 17.3 Å². The summed E-state index contributed by atoms with van der Waals surface area (Å²) in [4.78, 5) is 32.4. The number of hydrogen-bond donors (Lipinski definition) is 2. The second kappa shape index (κ2) is 10.2. The van der Waals surface area contributed by atoms with Crippen LogP contribution in [0.2, 0.25) is 0 Å². The molecule has 2 aromatic carbocycles. The van der Waals surface area contributed by atoms with Gasteiger partial charge in [-0.2, -0.15) is 0 Å². The first-order chi connectivity index (χ1) is 18.3. The molecule has 1 amide bonds. The van der Waals surface area contributed by atoms with Crippen molar-refractivity contribution < 1.29 is 23.0 Å². The third-order valence-corrected chi connectivity index (χ3v) is 5.97. The number of ether oxygens (including phenoxy) is 2. The van der Waals surface area contributed by atoms with Crippen LogP contribution in [0.25, 0.3) is 5.69 Å². The van der Waals surface area contributed by atoms with Gasteiger partial charge in [0.25, 0.3) is 11.5 Å². The van der Waals surface area contributed by atoms with E-state index in [-0.39, 0.29) is 29.5 Å². The number of benzene rings is 2. The quantitative estimate of drug-likeness (QED) is 0.399. The number of carbonyl (C=O) groups excluding carboxylic acids is 1. The van der Waals surface area contributed by atoms with Crippen LogP contribution in [-0.2, 0) is 6.61 Å². The molecule has 11 heteroatoms. The van der Waals surface area contributed by atoms with Crippen LogP contribution in [0.5, 0.6) is 11.6 Å². The molecule has 194 valence electrons. The Hall–Kier alpha value is -4.93. The van der Waals surface area contributed by atoms with Crippen LogP contribution in [-0.4, -0.2) is 35.7 Å². The van der Waals surface area contributed by atoms with Crippen molar-refractivity contribution in [2.45, 2.75) is 6.61 Å². The number of nitrogen functional groups attached to an aromatic ring is 1. The number of hydrogen-bond acceptors (Lipinski definition) is 7. The number of likely N-dealkylation sites (N-methyl/N-ethyl adjacent to an activating group) is 1. The van der Waals surface area contributed by atoms with Gasteiger partial charge in [-0.15, -0.1) is 0 Å². The molecule has 3 N–H and O–H groups in total. The van der Waals surface area contributed by atoms with Gasteiger partial charge in [0.2, 0.25) is 5.88 Å². The zero-order valence-corrected chi connectivity index (χ0v) is 20.3. The van der Waals surface area contributed by atoms with E-state index >= 15 is 0 Å². The van der Waals surface area contributed by atoms with Gasteiger partial charge in [-0.25, -0.2) is 18.3 Å². The molecule has 1 aliphatic rings. The molecule has 1 aliphatic heterocycles. The predicted octanol–water partition coefficient (Wildman–Crippen LogP) is 3.75. The Bertz CT molecular complexity index is 1570. The number of nitrogens with zero attached hydrogens (tertiary/aromatic N) is 3. The minimum absolute atomic E-state index is 0.0235. The summed E-state index contributed by atoms with van der Waals surface area (Å²) in [5.41, 5.74) is 6.48. The molecule has 4 aromatic rings. The molecule has 0 fully saturated rings. The molecule has 3 heterocycles. The summed E-state index contributed by atoms with van der Waals surface area (Å²) >= 11 is 0. The van der Waals surface area contributed by atoms with Gasteiger partial charge in [-0.3, -0.25) is 9.59 Å². The summed E-state index contributed by atoms with van der Waals surface area (Å²) in [7, 11) is 1.80. The fraction of sp³-hybridized carbons (Fsp3) is 0.148. The first kappa shape index (κ1) is 24.8. The molecule has 0 spiro atoms. The van der Waals surface area contributed by atoms with E-state index in [9.17, 15) is 18.4 Å². The Morgan fingerprint density at radius 3 is 2.66 bits per heavy atom. The summed E-state index contributed by atoms with van der Waals surface area (Å²) in [6.07, 6.45) is 1.53. The number of aromatic nitrogens is 2. The lowest BCUT2D eigenvalue weighted by Crippen LogP contribution is -2.36. The van der Waals surface area contributed by atoms with Crippen LogP contribution in [0.1, 0.15) is 15.9 Å². The van der Waals surface area contributed by atoms with Crippen molar-refractivity contribution in [3.63, 3.8) is 0 Å². The Morgan fingerprint density at radius 1 is 1.13 bits per heavy atom. The summed E-state index contributed by atoms with van der Waals surface area (Å²) in [5.74, 6) is -1.37. The van der Waals surface area contributed by atoms with Crippen molar-refractivity contribution in [3.05, 3.63) is 100.0 Å². The maximum absolute atomic E-state index is 14.7. The second-order valence-electron chi connectivity index (χ2n) is 8.61. The van der Waals surface area contributed by atoms with Gasteiger partial charge < -0.3 is 25.4 Å². The molecule has 0 atom stereocenters. The van der Waals surface area contributed by atoms with E-state index in [1.807, 2.05) is 4.90 Å². The summed E-state index contributed by atoms with van der Waals surface area (Å²) in [6, 6.07) is 13.9. The maximum Gasteiger partial charge on any atom is 0.270 e. The van der Waals surface area contributed by atoms with Crippen molar-refractivity contribution in [2.24, 2.45) is 0 Å². The van der Waals surface area contributed by atoms with Gasteiger partial charge in [-0.1, -0.05) is 0 Å². The van der Waals surface area contributed by atoms with E-state index < -0.39 is 23.1 Å². The monoisotopic (exact) mass is 519 g/mol. The number of nitrogens with one attached hydrogen (secondary N) is 1. The first-order valence-electron chi connectivity index (χ1n) is 11.6. The maximum atomic E-state index is 14.7. The highest BCUT2D eigenvalue weighted by molar-refractivity contribution is 6.05. The Kier molecular flexibility index (Phi) is 6.65. The highest BCUT2D eigenvalue weighted by Gasteiger charge is 2.26. The number of fused-ring (bicyclic) bond motifs is 1. The average Bonchev–Trinajstić information content (AvgIpc) is 2.89. The molecule has 0 bridgehead atoms. The predicted molar refractivity (Wildman–Crippen MR) is 138 cm³/mol. The minimum atomic E-state index is -0.743. The molecule has 0 saturated carbocycles.